The van der Waals surface area contributed by atoms with Crippen molar-refractivity contribution in [3.05, 3.63) is 23.8 Å². The second-order valence-corrected chi connectivity index (χ2v) is 2.90. The predicted molar refractivity (Wildman–Crippen MR) is 44.3 cm³/mol. The number of benzene rings is 1. The summed E-state index contributed by atoms with van der Waals surface area (Å²) in [4.78, 5) is 5.61. The molecule has 7 heteroatoms. The van der Waals surface area contributed by atoms with Crippen molar-refractivity contribution in [2.45, 2.75) is 6.18 Å². The number of anilines is 1. The van der Waals surface area contributed by atoms with E-state index in [1.165, 1.54) is 0 Å². The Morgan fingerprint density at radius 2 is 2.07 bits per heavy atom. The third kappa shape index (κ3) is 1.39. The number of halogens is 4. The Hall–Kier alpha value is -1.79. The summed E-state index contributed by atoms with van der Waals surface area (Å²) in [5, 5.41) is 0. The maximum absolute atomic E-state index is 13.2. The number of nitrogen functional groups attached to an aromatic ring is 1. The number of imidazole rings is 1. The maximum Gasteiger partial charge on any atom is 0.421 e. The van der Waals surface area contributed by atoms with Crippen molar-refractivity contribution in [2.75, 3.05) is 5.73 Å². The van der Waals surface area contributed by atoms with Gasteiger partial charge in [0.1, 0.15) is 11.1 Å². The summed E-state index contributed by atoms with van der Waals surface area (Å²) in [7, 11) is 0. The Labute approximate surface area is 80.9 Å². The molecule has 0 aliphatic carbocycles. The van der Waals surface area contributed by atoms with Gasteiger partial charge in [0.25, 0.3) is 0 Å². The standard InChI is InChI=1S/C8H4F4N3/c9-6-3(13)1-4-7(15-2-14-4)5(6)8(10,11)12/h1H,13H2,(H,14,15). The molecule has 1 radical (unpaired) electrons. The van der Waals surface area contributed by atoms with Crippen LogP contribution in [-0.2, 0) is 6.18 Å². The van der Waals surface area contributed by atoms with E-state index in [-0.39, 0.29) is 5.52 Å². The average molecular weight is 218 g/mol. The van der Waals surface area contributed by atoms with Gasteiger partial charge in [0, 0.05) is 0 Å². The number of hydrogen-bond donors (Lipinski definition) is 2. The molecule has 0 atom stereocenters. The fraction of sp³-hybridized carbons (Fsp3) is 0.125. The summed E-state index contributed by atoms with van der Waals surface area (Å²) in [5.41, 5.74) is 2.55. The van der Waals surface area contributed by atoms with Gasteiger partial charge in [-0.2, -0.15) is 13.2 Å². The van der Waals surface area contributed by atoms with Crippen LogP contribution in [0.25, 0.3) is 11.0 Å². The number of alkyl halides is 3. The zero-order chi connectivity index (χ0) is 11.2. The molecule has 0 aliphatic rings. The van der Waals surface area contributed by atoms with Crippen LogP contribution in [0.4, 0.5) is 23.2 Å². The molecule has 1 heterocycles. The number of nitrogens with two attached hydrogens (primary N) is 1. The largest absolute Gasteiger partial charge is 0.421 e. The van der Waals surface area contributed by atoms with Gasteiger partial charge in [-0.1, -0.05) is 0 Å². The summed E-state index contributed by atoms with van der Waals surface area (Å²) >= 11 is 0. The molecule has 0 saturated carbocycles. The third-order valence-electron chi connectivity index (χ3n) is 1.91. The van der Waals surface area contributed by atoms with Gasteiger partial charge in [-0.15, -0.1) is 0 Å². The summed E-state index contributed by atoms with van der Waals surface area (Å²) in [6.07, 6.45) is -2.73. The second-order valence-electron chi connectivity index (χ2n) is 2.90. The van der Waals surface area contributed by atoms with E-state index >= 15 is 0 Å². The van der Waals surface area contributed by atoms with Crippen LogP contribution in [0, 0.1) is 12.1 Å². The van der Waals surface area contributed by atoms with E-state index in [1.54, 1.807) is 0 Å². The van der Waals surface area contributed by atoms with E-state index in [4.69, 9.17) is 5.73 Å². The molecule has 3 nitrogen and oxygen atoms in total. The van der Waals surface area contributed by atoms with Crippen molar-refractivity contribution in [3.8, 4) is 0 Å². The molecule has 0 amide bonds. The molecule has 0 spiro atoms. The van der Waals surface area contributed by atoms with Crippen molar-refractivity contribution in [1.29, 1.82) is 0 Å². The Kier molecular flexibility index (Phi) is 1.85. The first-order chi connectivity index (χ1) is 6.91. The fourth-order valence-electron chi connectivity index (χ4n) is 1.28. The Morgan fingerprint density at radius 3 is 2.67 bits per heavy atom. The highest BCUT2D eigenvalue weighted by atomic mass is 19.4. The molecule has 0 bridgehead atoms. The van der Waals surface area contributed by atoms with Gasteiger partial charge in [-0.3, -0.25) is 0 Å². The number of aromatic nitrogens is 2. The molecular weight excluding hydrogens is 214 g/mol. The quantitative estimate of drug-likeness (QED) is 0.525. The number of nitrogens with one attached hydrogen (secondary N) is 1. The number of nitrogens with zero attached hydrogens (tertiary/aromatic N) is 1. The van der Waals surface area contributed by atoms with Gasteiger partial charge >= 0.3 is 6.18 Å². The lowest BCUT2D eigenvalue weighted by Gasteiger charge is -2.09. The average Bonchev–Trinajstić information content (AvgIpc) is 2.50. The van der Waals surface area contributed by atoms with E-state index in [0.717, 1.165) is 6.07 Å². The molecule has 79 valence electrons. The van der Waals surface area contributed by atoms with Gasteiger partial charge in [0.2, 0.25) is 0 Å². The van der Waals surface area contributed by atoms with E-state index in [2.05, 4.69) is 16.3 Å². The zero-order valence-electron chi connectivity index (χ0n) is 7.11. The molecule has 0 saturated heterocycles. The highest BCUT2D eigenvalue weighted by Gasteiger charge is 2.38. The maximum atomic E-state index is 13.2. The van der Waals surface area contributed by atoms with Crippen molar-refractivity contribution in [3.63, 3.8) is 0 Å². The van der Waals surface area contributed by atoms with Crippen LogP contribution in [0.15, 0.2) is 6.07 Å². The Balaban J connectivity index is 2.90. The normalized spacial score (nSPS) is 12.3. The zero-order valence-corrected chi connectivity index (χ0v) is 7.11. The molecule has 1 aromatic heterocycles. The van der Waals surface area contributed by atoms with Gasteiger partial charge in [0.15, 0.2) is 12.1 Å². The van der Waals surface area contributed by atoms with Gasteiger partial charge < -0.3 is 10.7 Å². The van der Waals surface area contributed by atoms with E-state index in [0.29, 0.717) is 0 Å². The molecule has 0 fully saturated rings. The van der Waals surface area contributed by atoms with Crippen LogP contribution in [0.2, 0.25) is 0 Å². The molecule has 1 aromatic carbocycles. The second kappa shape index (κ2) is 2.85. The smallest absolute Gasteiger partial charge is 0.396 e. The highest BCUT2D eigenvalue weighted by Crippen LogP contribution is 2.37. The Bertz CT molecular complexity index is 514. The lowest BCUT2D eigenvalue weighted by atomic mass is 10.1. The third-order valence-corrected chi connectivity index (χ3v) is 1.91. The molecular formula is C8H4F4N3. The molecule has 0 unspecified atom stereocenters. The van der Waals surface area contributed by atoms with Crippen LogP contribution < -0.4 is 5.73 Å². The van der Waals surface area contributed by atoms with Crippen molar-refractivity contribution < 1.29 is 17.6 Å². The van der Waals surface area contributed by atoms with Gasteiger partial charge in [-0.25, -0.2) is 9.37 Å². The van der Waals surface area contributed by atoms with Crippen molar-refractivity contribution in [1.82, 2.24) is 9.97 Å². The minimum atomic E-state index is -4.83. The van der Waals surface area contributed by atoms with Crippen LogP contribution >= 0.6 is 0 Å². The molecule has 3 N–H and O–H groups in total. The van der Waals surface area contributed by atoms with E-state index in [9.17, 15) is 17.6 Å². The topological polar surface area (TPSA) is 54.7 Å². The van der Waals surface area contributed by atoms with Crippen molar-refractivity contribution in [2.24, 2.45) is 0 Å². The van der Waals surface area contributed by atoms with E-state index < -0.39 is 28.8 Å². The number of aromatic amines is 1. The first kappa shape index (κ1) is 9.75. The van der Waals surface area contributed by atoms with Gasteiger partial charge in [0.05, 0.1) is 11.2 Å². The van der Waals surface area contributed by atoms with Crippen LogP contribution in [0.1, 0.15) is 5.56 Å². The minimum absolute atomic E-state index is 0.00113. The number of fused-ring (bicyclic) bond motifs is 1. The van der Waals surface area contributed by atoms with Crippen LogP contribution in [0.3, 0.4) is 0 Å². The lowest BCUT2D eigenvalue weighted by molar-refractivity contribution is -0.138. The fourth-order valence-corrected chi connectivity index (χ4v) is 1.28. The molecule has 2 aromatic rings. The Morgan fingerprint density at radius 1 is 1.40 bits per heavy atom. The van der Waals surface area contributed by atoms with E-state index in [1.807, 2.05) is 0 Å². The first-order valence-corrected chi connectivity index (χ1v) is 3.82. The first-order valence-electron chi connectivity index (χ1n) is 3.82. The highest BCUT2D eigenvalue weighted by molar-refractivity contribution is 5.82. The summed E-state index contributed by atoms with van der Waals surface area (Å²) in [6.45, 7) is 0. The van der Waals surface area contributed by atoms with Crippen molar-refractivity contribution >= 4 is 16.7 Å². The number of hydrogen-bond acceptors (Lipinski definition) is 2. The number of H-pyrrole nitrogens is 1. The monoisotopic (exact) mass is 218 g/mol. The molecule has 0 aliphatic heterocycles. The van der Waals surface area contributed by atoms with Gasteiger partial charge in [-0.05, 0) is 6.07 Å². The predicted octanol–water partition coefficient (Wildman–Crippen LogP) is 2.10. The van der Waals surface area contributed by atoms with Crippen LogP contribution in [0.5, 0.6) is 0 Å². The summed E-state index contributed by atoms with van der Waals surface area (Å²) < 4.78 is 50.6. The van der Waals surface area contributed by atoms with Crippen LogP contribution in [-0.4, -0.2) is 9.97 Å². The minimum Gasteiger partial charge on any atom is -0.396 e. The SMILES string of the molecule is Nc1cc2[nH][c]nc2c(C(F)(F)F)c1F. The molecule has 15 heavy (non-hydrogen) atoms. The summed E-state index contributed by atoms with van der Waals surface area (Å²) in [5.74, 6) is -1.50. The number of rotatable bonds is 0. The molecule has 2 rings (SSSR count). The summed E-state index contributed by atoms with van der Waals surface area (Å²) in [6, 6.07) is 1.05. The lowest BCUT2D eigenvalue weighted by Crippen LogP contribution is -2.11.